The minimum absolute atomic E-state index is 0.0532. The number of hydrogen-bond acceptors (Lipinski definition) is 8. The van der Waals surface area contributed by atoms with Gasteiger partial charge in [-0.05, 0) is 88.6 Å². The summed E-state index contributed by atoms with van der Waals surface area (Å²) in [5.74, 6) is 0.635. The van der Waals surface area contributed by atoms with Crippen molar-refractivity contribution in [3.05, 3.63) is 66.1 Å². The number of hydrogen-bond donors (Lipinski definition) is 5. The van der Waals surface area contributed by atoms with Crippen LogP contribution in [0.4, 0.5) is 20.7 Å². The van der Waals surface area contributed by atoms with Crippen molar-refractivity contribution < 1.29 is 28.1 Å². The molecular weight excluding hydrogens is 561 g/mol. The van der Waals surface area contributed by atoms with Gasteiger partial charge in [0.25, 0.3) is 0 Å². The zero-order chi connectivity index (χ0) is 30.1. The molecule has 1 aromatic heterocycles. The Kier molecular flexibility index (Phi) is 8.46. The Morgan fingerprint density at radius 1 is 1.14 bits per heavy atom. The summed E-state index contributed by atoms with van der Waals surface area (Å²) in [6, 6.07) is 13.9. The van der Waals surface area contributed by atoms with Gasteiger partial charge in [0.05, 0.1) is 42.0 Å². The van der Waals surface area contributed by atoms with E-state index in [1.165, 1.54) is 24.3 Å². The summed E-state index contributed by atoms with van der Waals surface area (Å²) in [4.78, 5) is 24.6. The van der Waals surface area contributed by atoms with Crippen LogP contribution in [0.5, 0.6) is 0 Å². The molecule has 5 rings (SSSR count). The highest BCUT2D eigenvalue weighted by Crippen LogP contribution is 2.71. The minimum Gasteiger partial charge on any atom is -0.394 e. The fourth-order valence-electron chi connectivity index (χ4n) is 5.26. The monoisotopic (exact) mass is 599 g/mol. The van der Waals surface area contributed by atoms with Crippen LogP contribution in [0.1, 0.15) is 45.7 Å². The molecule has 10 nitrogen and oxygen atoms in total. The lowest BCUT2D eigenvalue weighted by molar-refractivity contribution is 0.0985. The molecule has 0 bridgehead atoms. The molecule has 2 aromatic carbocycles. The van der Waals surface area contributed by atoms with Crippen molar-refractivity contribution in [2.24, 2.45) is 0 Å². The van der Waals surface area contributed by atoms with E-state index in [-0.39, 0.29) is 17.5 Å². The van der Waals surface area contributed by atoms with Crippen molar-refractivity contribution in [1.29, 1.82) is 0 Å². The predicted molar refractivity (Wildman–Crippen MR) is 161 cm³/mol. The third kappa shape index (κ3) is 5.95. The van der Waals surface area contributed by atoms with E-state index in [4.69, 9.17) is 14.7 Å². The van der Waals surface area contributed by atoms with E-state index in [0.29, 0.717) is 61.2 Å². The molecule has 12 heteroatoms. The smallest absolute Gasteiger partial charge is 0.319 e. The Hall–Kier alpha value is -3.29. The average Bonchev–Trinajstić information content (AvgIpc) is 2.93. The lowest BCUT2D eigenvalue weighted by Gasteiger charge is -2.55. The standard InChI is InChI=1S/C30H38FN5O5S/c1-20-18-41-16-15-36(20)26-17-25(30(13-4-14-30)42(39,40)24-11-7-22(31)8-12-24)33-27(34-26)21-5-9-23(10-6-21)32-28(38)35-29(2,3)19-37/h5-12,17,20,37,39-40H,4,13-16,18-19H2,1-3H3,(H2,32,35,38)/t20-/m0/s1. The maximum absolute atomic E-state index is 13.7. The first kappa shape index (κ1) is 30.2. The number of aliphatic hydroxyl groups is 1. The van der Waals surface area contributed by atoms with Crippen LogP contribution in [-0.2, 0) is 9.48 Å². The zero-order valence-corrected chi connectivity index (χ0v) is 24.8. The van der Waals surface area contributed by atoms with Gasteiger partial charge in [-0.1, -0.05) is 0 Å². The van der Waals surface area contributed by atoms with E-state index in [2.05, 4.69) is 22.5 Å². The summed E-state index contributed by atoms with van der Waals surface area (Å²) < 4.78 is 41.7. The van der Waals surface area contributed by atoms with Gasteiger partial charge in [0, 0.05) is 23.9 Å². The number of benzene rings is 2. The summed E-state index contributed by atoms with van der Waals surface area (Å²) >= 11 is 0. The molecular formula is C30H38FN5O5S. The highest BCUT2D eigenvalue weighted by atomic mass is 32.3. The first-order valence-corrected chi connectivity index (χ1v) is 15.6. The highest BCUT2D eigenvalue weighted by molar-refractivity contribution is 8.25. The zero-order valence-electron chi connectivity index (χ0n) is 24.0. The van der Waals surface area contributed by atoms with E-state index in [9.17, 15) is 23.4 Å². The van der Waals surface area contributed by atoms with E-state index in [1.54, 1.807) is 38.1 Å². The lowest BCUT2D eigenvalue weighted by atomic mass is 9.81. The summed E-state index contributed by atoms with van der Waals surface area (Å²) in [6.07, 6.45) is 1.84. The summed E-state index contributed by atoms with van der Waals surface area (Å²) in [5.41, 5.74) is 0.995. The van der Waals surface area contributed by atoms with Gasteiger partial charge >= 0.3 is 6.03 Å². The number of ether oxygens (including phenoxy) is 1. The van der Waals surface area contributed by atoms with Crippen LogP contribution in [0.3, 0.4) is 0 Å². The highest BCUT2D eigenvalue weighted by Gasteiger charge is 2.52. The quantitative estimate of drug-likeness (QED) is 0.226. The molecule has 0 spiro atoms. The molecule has 1 saturated carbocycles. The number of urea groups is 1. The fraction of sp³-hybridized carbons (Fsp3) is 0.433. The Morgan fingerprint density at radius 3 is 2.43 bits per heavy atom. The molecule has 2 aliphatic rings. The van der Waals surface area contributed by atoms with Crippen LogP contribution in [0.25, 0.3) is 11.4 Å². The Morgan fingerprint density at radius 2 is 1.83 bits per heavy atom. The van der Waals surface area contributed by atoms with Gasteiger partial charge in [-0.25, -0.2) is 19.2 Å². The molecule has 2 fully saturated rings. The fourth-order valence-corrected chi connectivity index (χ4v) is 7.48. The molecule has 226 valence electrons. The lowest BCUT2D eigenvalue weighted by Crippen LogP contribution is -2.48. The normalized spacial score (nSPS) is 19.1. The molecule has 1 aliphatic carbocycles. The molecule has 2 amide bonds. The number of aromatic nitrogens is 2. The summed E-state index contributed by atoms with van der Waals surface area (Å²) in [6.45, 7) is 6.99. The Labute approximate surface area is 246 Å². The van der Waals surface area contributed by atoms with E-state index in [1.807, 2.05) is 6.07 Å². The third-order valence-corrected chi connectivity index (χ3v) is 10.6. The molecule has 0 radical (unpaired) electrons. The van der Waals surface area contributed by atoms with Gasteiger partial charge in [-0.3, -0.25) is 9.11 Å². The second-order valence-corrected chi connectivity index (χ2v) is 14.0. The Bertz CT molecular complexity index is 1420. The molecule has 3 aromatic rings. The molecule has 1 aliphatic heterocycles. The first-order chi connectivity index (χ1) is 19.9. The van der Waals surface area contributed by atoms with Crippen LogP contribution in [0.2, 0.25) is 0 Å². The maximum atomic E-state index is 13.7. The molecule has 1 atom stereocenters. The largest absolute Gasteiger partial charge is 0.394 e. The summed E-state index contributed by atoms with van der Waals surface area (Å²) in [5, 5.41) is 14.9. The van der Waals surface area contributed by atoms with Crippen LogP contribution < -0.4 is 15.5 Å². The number of halogens is 1. The van der Waals surface area contributed by atoms with Gasteiger partial charge in [0.1, 0.15) is 16.4 Å². The molecule has 1 saturated heterocycles. The molecule has 42 heavy (non-hydrogen) atoms. The molecule has 5 N–H and O–H groups in total. The number of carbonyl (C=O) groups is 1. The number of nitrogens with zero attached hydrogens (tertiary/aromatic N) is 3. The third-order valence-electron chi connectivity index (χ3n) is 7.94. The van der Waals surface area contributed by atoms with Gasteiger partial charge in [-0.15, -0.1) is 0 Å². The number of aliphatic hydroxyl groups excluding tert-OH is 1. The average molecular weight is 600 g/mol. The van der Waals surface area contributed by atoms with Crippen molar-refractivity contribution in [3.8, 4) is 11.4 Å². The van der Waals surface area contributed by atoms with Crippen molar-refractivity contribution in [2.75, 3.05) is 36.6 Å². The van der Waals surface area contributed by atoms with Crippen molar-refractivity contribution >= 4 is 28.1 Å². The van der Waals surface area contributed by atoms with Gasteiger partial charge in [0.2, 0.25) is 0 Å². The number of rotatable bonds is 8. The minimum atomic E-state index is -3.40. The van der Waals surface area contributed by atoms with E-state index >= 15 is 0 Å². The maximum Gasteiger partial charge on any atom is 0.319 e. The number of carbonyl (C=O) groups excluding carboxylic acids is 1. The van der Waals surface area contributed by atoms with Gasteiger partial charge in [-0.2, -0.15) is 10.6 Å². The second-order valence-electron chi connectivity index (χ2n) is 11.6. The van der Waals surface area contributed by atoms with E-state index in [0.717, 1.165) is 6.42 Å². The van der Waals surface area contributed by atoms with Crippen LogP contribution in [0.15, 0.2) is 59.5 Å². The predicted octanol–water partition coefficient (Wildman–Crippen LogP) is 5.59. The van der Waals surface area contributed by atoms with Crippen molar-refractivity contribution in [2.45, 2.75) is 61.3 Å². The van der Waals surface area contributed by atoms with Crippen LogP contribution in [-0.4, -0.2) is 68.2 Å². The first-order valence-electron chi connectivity index (χ1n) is 14.0. The summed E-state index contributed by atoms with van der Waals surface area (Å²) in [7, 11) is -3.40. The van der Waals surface area contributed by atoms with Crippen LogP contribution >= 0.6 is 10.6 Å². The topological polar surface area (TPSA) is 140 Å². The Balaban J connectivity index is 1.52. The van der Waals surface area contributed by atoms with Crippen molar-refractivity contribution in [3.63, 3.8) is 0 Å². The van der Waals surface area contributed by atoms with E-state index < -0.39 is 32.7 Å². The molecule has 0 unspecified atom stereocenters. The van der Waals surface area contributed by atoms with Crippen molar-refractivity contribution in [1.82, 2.24) is 15.3 Å². The number of morpholine rings is 1. The second kappa shape index (κ2) is 11.8. The SMILES string of the molecule is C[C@H]1COCCN1c1cc(C2(S(O)(O)c3ccc(F)cc3)CCC2)nc(-c2ccc(NC(=O)NC(C)(C)CO)cc2)n1. The number of anilines is 2. The molecule has 2 heterocycles. The number of amides is 2. The number of nitrogens with one attached hydrogen (secondary N) is 2. The van der Waals surface area contributed by atoms with Gasteiger partial charge in [0.15, 0.2) is 5.82 Å². The van der Waals surface area contributed by atoms with Gasteiger partial charge < -0.3 is 25.4 Å². The van der Waals surface area contributed by atoms with Crippen LogP contribution in [0, 0.1) is 5.82 Å².